The zero-order chi connectivity index (χ0) is 13.7. The summed E-state index contributed by atoms with van der Waals surface area (Å²) in [7, 11) is 0. The molecule has 0 unspecified atom stereocenters. The molecule has 1 aromatic rings. The lowest BCUT2D eigenvalue weighted by molar-refractivity contribution is -0.137. The molecule has 0 spiro atoms. The summed E-state index contributed by atoms with van der Waals surface area (Å²) in [6.45, 7) is 1.20. The minimum Gasteiger partial charge on any atom is -0.480 e. The Balaban J connectivity index is 3.06. The lowest BCUT2D eigenvalue weighted by Gasteiger charge is -2.19. The van der Waals surface area contributed by atoms with Gasteiger partial charge in [-0.05, 0) is 24.6 Å². The second-order valence-corrected chi connectivity index (χ2v) is 4.08. The molecule has 0 heterocycles. The molecule has 4 nitrogen and oxygen atoms in total. The van der Waals surface area contributed by atoms with Crippen LogP contribution in [0.25, 0.3) is 0 Å². The summed E-state index contributed by atoms with van der Waals surface area (Å²) < 4.78 is 0. The van der Waals surface area contributed by atoms with E-state index in [1.54, 1.807) is 25.1 Å². The van der Waals surface area contributed by atoms with Gasteiger partial charge in [0.1, 0.15) is 6.54 Å². The van der Waals surface area contributed by atoms with Crippen LogP contribution in [0.2, 0.25) is 5.02 Å². The van der Waals surface area contributed by atoms with Gasteiger partial charge in [-0.25, -0.2) is 0 Å². The van der Waals surface area contributed by atoms with Gasteiger partial charge in [-0.2, -0.15) is 0 Å². The van der Waals surface area contributed by atoms with Gasteiger partial charge in [0.25, 0.3) is 5.91 Å². The van der Waals surface area contributed by atoms with Crippen LogP contribution in [-0.2, 0) is 4.79 Å². The number of terminal acetylenes is 1. The van der Waals surface area contributed by atoms with Crippen LogP contribution in [0.3, 0.4) is 0 Å². The number of aliphatic carboxylic acids is 1. The van der Waals surface area contributed by atoms with Crippen molar-refractivity contribution >= 4 is 23.5 Å². The molecule has 1 aromatic carbocycles. The third-order valence-corrected chi connectivity index (χ3v) is 2.80. The molecule has 0 saturated carbocycles. The third kappa shape index (κ3) is 3.25. The smallest absolute Gasteiger partial charge is 0.323 e. The van der Waals surface area contributed by atoms with E-state index in [4.69, 9.17) is 23.1 Å². The average molecular weight is 266 g/mol. The number of carbonyl (C=O) groups is 2. The van der Waals surface area contributed by atoms with Crippen molar-refractivity contribution in [2.45, 2.75) is 6.92 Å². The van der Waals surface area contributed by atoms with Crippen molar-refractivity contribution in [1.82, 2.24) is 4.90 Å². The number of carbonyl (C=O) groups excluding carboxylic acids is 1. The Labute approximate surface area is 110 Å². The Morgan fingerprint density at radius 3 is 2.72 bits per heavy atom. The van der Waals surface area contributed by atoms with Gasteiger partial charge < -0.3 is 10.0 Å². The molecule has 0 radical (unpaired) electrons. The van der Waals surface area contributed by atoms with Crippen LogP contribution < -0.4 is 0 Å². The Bertz CT molecular complexity index is 519. The maximum absolute atomic E-state index is 12.2. The zero-order valence-electron chi connectivity index (χ0n) is 9.81. The van der Waals surface area contributed by atoms with E-state index in [1.165, 1.54) is 0 Å². The molecule has 1 N–H and O–H groups in total. The zero-order valence-corrected chi connectivity index (χ0v) is 10.6. The first-order valence-corrected chi connectivity index (χ1v) is 5.54. The molecule has 1 amide bonds. The van der Waals surface area contributed by atoms with Crippen molar-refractivity contribution in [1.29, 1.82) is 0 Å². The van der Waals surface area contributed by atoms with Gasteiger partial charge in [-0.15, -0.1) is 6.42 Å². The summed E-state index contributed by atoms with van der Waals surface area (Å²) in [5.74, 6) is 0.719. The molecule has 0 aliphatic carbocycles. The minimum atomic E-state index is -1.11. The van der Waals surface area contributed by atoms with Crippen LogP contribution in [0.15, 0.2) is 18.2 Å². The molecule has 5 heteroatoms. The SMILES string of the molecule is C#CCN(CC(=O)O)C(=O)c1cccc(Cl)c1C. The number of rotatable bonds is 4. The molecule has 0 saturated heterocycles. The van der Waals surface area contributed by atoms with Crippen molar-refractivity contribution in [2.24, 2.45) is 0 Å². The van der Waals surface area contributed by atoms with E-state index in [1.807, 2.05) is 0 Å². The predicted molar refractivity (Wildman–Crippen MR) is 68.6 cm³/mol. The number of nitrogens with zero attached hydrogens (tertiary/aromatic N) is 1. The number of hydrogen-bond donors (Lipinski definition) is 1. The van der Waals surface area contributed by atoms with E-state index in [-0.39, 0.29) is 6.54 Å². The number of carboxylic acids is 1. The average Bonchev–Trinajstić information content (AvgIpc) is 2.31. The van der Waals surface area contributed by atoms with E-state index < -0.39 is 18.4 Å². The molecule has 0 atom stereocenters. The number of carboxylic acid groups (broad SMARTS) is 1. The van der Waals surface area contributed by atoms with Gasteiger partial charge in [-0.1, -0.05) is 23.6 Å². The van der Waals surface area contributed by atoms with Crippen LogP contribution in [0.5, 0.6) is 0 Å². The monoisotopic (exact) mass is 265 g/mol. The highest BCUT2D eigenvalue weighted by atomic mass is 35.5. The molecule has 18 heavy (non-hydrogen) atoms. The third-order valence-electron chi connectivity index (χ3n) is 2.39. The first-order valence-electron chi connectivity index (χ1n) is 5.17. The van der Waals surface area contributed by atoms with Gasteiger partial charge >= 0.3 is 5.97 Å². The first-order chi connectivity index (χ1) is 8.47. The largest absolute Gasteiger partial charge is 0.480 e. The van der Waals surface area contributed by atoms with Crippen molar-refractivity contribution < 1.29 is 14.7 Å². The number of benzene rings is 1. The molecule has 1 rings (SSSR count). The molecular formula is C13H12ClNO3. The lowest BCUT2D eigenvalue weighted by atomic mass is 10.1. The Hall–Kier alpha value is -1.99. The van der Waals surface area contributed by atoms with Gasteiger partial charge in [0.05, 0.1) is 6.54 Å². The first kappa shape index (κ1) is 14.1. The Morgan fingerprint density at radius 1 is 1.50 bits per heavy atom. The van der Waals surface area contributed by atoms with E-state index in [0.717, 1.165) is 4.90 Å². The molecule has 0 aliphatic rings. The van der Waals surface area contributed by atoms with Crippen LogP contribution >= 0.6 is 11.6 Å². The fraction of sp³-hybridized carbons (Fsp3) is 0.231. The predicted octanol–water partition coefficient (Wildman–Crippen LogP) is 1.81. The molecular weight excluding hydrogens is 254 g/mol. The van der Waals surface area contributed by atoms with Crippen molar-refractivity contribution in [2.75, 3.05) is 13.1 Å². The summed E-state index contributed by atoms with van der Waals surface area (Å²) in [4.78, 5) is 23.9. The van der Waals surface area contributed by atoms with Crippen LogP contribution in [-0.4, -0.2) is 35.0 Å². The van der Waals surface area contributed by atoms with Crippen molar-refractivity contribution in [3.05, 3.63) is 34.3 Å². The minimum absolute atomic E-state index is 0.0584. The topological polar surface area (TPSA) is 57.6 Å². The van der Waals surface area contributed by atoms with Crippen LogP contribution in [0, 0.1) is 19.3 Å². The number of hydrogen-bond acceptors (Lipinski definition) is 2. The van der Waals surface area contributed by atoms with Crippen molar-refractivity contribution in [3.63, 3.8) is 0 Å². The second kappa shape index (κ2) is 6.08. The Morgan fingerprint density at radius 2 is 2.17 bits per heavy atom. The van der Waals surface area contributed by atoms with Gasteiger partial charge in [0.2, 0.25) is 0 Å². The van der Waals surface area contributed by atoms with E-state index in [9.17, 15) is 9.59 Å². The highest BCUT2D eigenvalue weighted by Gasteiger charge is 2.19. The highest BCUT2D eigenvalue weighted by molar-refractivity contribution is 6.31. The second-order valence-electron chi connectivity index (χ2n) is 3.67. The maximum Gasteiger partial charge on any atom is 0.323 e. The summed E-state index contributed by atoms with van der Waals surface area (Å²) >= 11 is 5.92. The van der Waals surface area contributed by atoms with Crippen LogP contribution in [0.4, 0.5) is 0 Å². The van der Waals surface area contributed by atoms with E-state index >= 15 is 0 Å². The summed E-state index contributed by atoms with van der Waals surface area (Å²) in [5, 5.41) is 9.20. The highest BCUT2D eigenvalue weighted by Crippen LogP contribution is 2.20. The fourth-order valence-corrected chi connectivity index (χ4v) is 1.66. The molecule has 94 valence electrons. The summed E-state index contributed by atoms with van der Waals surface area (Å²) in [6, 6.07) is 4.89. The molecule has 0 bridgehead atoms. The van der Waals surface area contributed by atoms with Crippen molar-refractivity contribution in [3.8, 4) is 12.3 Å². The Kier molecular flexibility index (Phi) is 4.75. The standard InChI is InChI=1S/C13H12ClNO3/c1-3-7-15(8-12(16)17)13(18)10-5-4-6-11(14)9(10)2/h1,4-6H,7-8H2,2H3,(H,16,17). The number of halogens is 1. The summed E-state index contributed by atoms with van der Waals surface area (Å²) in [6.07, 6.45) is 5.13. The van der Waals surface area contributed by atoms with Crippen LogP contribution in [0.1, 0.15) is 15.9 Å². The summed E-state index contributed by atoms with van der Waals surface area (Å²) in [5.41, 5.74) is 0.968. The normalized spacial score (nSPS) is 9.61. The molecule has 0 aliphatic heterocycles. The molecule has 0 fully saturated rings. The van der Waals surface area contributed by atoms with Gasteiger partial charge in [0, 0.05) is 10.6 Å². The molecule has 0 aromatic heterocycles. The lowest BCUT2D eigenvalue weighted by Crippen LogP contribution is -2.36. The fourth-order valence-electron chi connectivity index (χ4n) is 1.48. The van der Waals surface area contributed by atoms with E-state index in [2.05, 4.69) is 5.92 Å². The van der Waals surface area contributed by atoms with Gasteiger partial charge in [-0.3, -0.25) is 9.59 Å². The maximum atomic E-state index is 12.2. The van der Waals surface area contributed by atoms with E-state index in [0.29, 0.717) is 16.1 Å². The quantitative estimate of drug-likeness (QED) is 0.845. The van der Waals surface area contributed by atoms with Gasteiger partial charge in [0.15, 0.2) is 0 Å². The number of amides is 1.